The number of benzene rings is 1. The summed E-state index contributed by atoms with van der Waals surface area (Å²) >= 11 is 3.28. The third-order valence-electron chi connectivity index (χ3n) is 2.85. The number of halogens is 3. The van der Waals surface area contributed by atoms with Crippen LogP contribution >= 0.6 is 15.9 Å². The molecule has 0 radical (unpaired) electrons. The Hall–Kier alpha value is -1.20. The minimum Gasteiger partial charge on any atom is -0.457 e. The van der Waals surface area contributed by atoms with Gasteiger partial charge in [-0.15, -0.1) is 0 Å². The first-order valence-corrected chi connectivity index (χ1v) is 6.84. The van der Waals surface area contributed by atoms with E-state index in [0.717, 1.165) is 18.1 Å². The van der Waals surface area contributed by atoms with Gasteiger partial charge in [-0.2, -0.15) is 0 Å². The molecule has 1 atom stereocenters. The number of hydrogen-bond donors (Lipinski definition) is 1. The van der Waals surface area contributed by atoms with E-state index < -0.39 is 17.7 Å². The monoisotopic (exact) mass is 329 g/mol. The lowest BCUT2D eigenvalue weighted by Gasteiger charge is -2.19. The predicted octanol–water partition coefficient (Wildman–Crippen LogP) is 4.41. The molecule has 19 heavy (non-hydrogen) atoms. The van der Waals surface area contributed by atoms with Crippen LogP contribution in [0.1, 0.15) is 30.5 Å². The molecule has 1 aromatic heterocycles. The van der Waals surface area contributed by atoms with Crippen LogP contribution in [0.25, 0.3) is 0 Å². The van der Waals surface area contributed by atoms with E-state index in [4.69, 9.17) is 4.42 Å². The van der Waals surface area contributed by atoms with E-state index in [1.165, 1.54) is 12.3 Å². The van der Waals surface area contributed by atoms with E-state index in [9.17, 15) is 8.78 Å². The molecule has 2 aromatic rings. The van der Waals surface area contributed by atoms with Gasteiger partial charge in [-0.25, -0.2) is 8.78 Å². The average molecular weight is 330 g/mol. The minimum absolute atomic E-state index is 0.274. The van der Waals surface area contributed by atoms with E-state index in [2.05, 4.69) is 21.2 Å². The highest BCUT2D eigenvalue weighted by atomic mass is 79.9. The maximum absolute atomic E-state index is 13.9. The van der Waals surface area contributed by atoms with Gasteiger partial charge >= 0.3 is 0 Å². The van der Waals surface area contributed by atoms with Gasteiger partial charge in [-0.05, 0) is 41.0 Å². The molecular formula is C14H14BrF2NO. The van der Waals surface area contributed by atoms with Crippen molar-refractivity contribution in [2.24, 2.45) is 0 Å². The van der Waals surface area contributed by atoms with Crippen LogP contribution in [0.4, 0.5) is 8.78 Å². The number of rotatable bonds is 5. The Balaban J connectivity index is 2.43. The second-order valence-electron chi connectivity index (χ2n) is 4.18. The van der Waals surface area contributed by atoms with Gasteiger partial charge < -0.3 is 9.73 Å². The Kier molecular flexibility index (Phi) is 4.71. The van der Waals surface area contributed by atoms with Gasteiger partial charge in [0.2, 0.25) is 0 Å². The van der Waals surface area contributed by atoms with Crippen molar-refractivity contribution in [1.82, 2.24) is 5.32 Å². The second kappa shape index (κ2) is 6.30. The van der Waals surface area contributed by atoms with Crippen LogP contribution in [0.2, 0.25) is 0 Å². The van der Waals surface area contributed by atoms with Gasteiger partial charge in [-0.3, -0.25) is 0 Å². The van der Waals surface area contributed by atoms with Crippen LogP contribution in [-0.2, 0) is 0 Å². The lowest BCUT2D eigenvalue weighted by Crippen LogP contribution is -2.24. The van der Waals surface area contributed by atoms with Crippen LogP contribution in [0.3, 0.4) is 0 Å². The van der Waals surface area contributed by atoms with Crippen molar-refractivity contribution >= 4 is 15.9 Å². The highest BCUT2D eigenvalue weighted by Crippen LogP contribution is 2.31. The molecule has 102 valence electrons. The minimum atomic E-state index is -0.847. The molecule has 0 saturated carbocycles. The molecule has 0 aliphatic rings. The normalized spacial score (nSPS) is 12.6. The van der Waals surface area contributed by atoms with Gasteiger partial charge in [0.1, 0.15) is 0 Å². The van der Waals surface area contributed by atoms with Gasteiger partial charge in [0.15, 0.2) is 16.3 Å². The molecule has 1 unspecified atom stereocenters. The van der Waals surface area contributed by atoms with Crippen molar-refractivity contribution in [3.8, 4) is 0 Å². The lowest BCUT2D eigenvalue weighted by molar-refractivity contribution is 0.475. The first-order chi connectivity index (χ1) is 9.15. The van der Waals surface area contributed by atoms with Gasteiger partial charge in [0, 0.05) is 11.1 Å². The molecule has 0 spiro atoms. The first-order valence-electron chi connectivity index (χ1n) is 6.05. The van der Waals surface area contributed by atoms with E-state index >= 15 is 0 Å². The molecule has 1 N–H and O–H groups in total. The Labute approximate surface area is 118 Å². The molecule has 0 aliphatic carbocycles. The highest BCUT2D eigenvalue weighted by molar-refractivity contribution is 9.10. The zero-order valence-corrected chi connectivity index (χ0v) is 12.0. The third-order valence-corrected chi connectivity index (χ3v) is 3.49. The Morgan fingerprint density at radius 1 is 1.26 bits per heavy atom. The summed E-state index contributed by atoms with van der Waals surface area (Å²) in [6.45, 7) is 2.70. The fraction of sp³-hybridized carbons (Fsp3) is 0.286. The summed E-state index contributed by atoms with van der Waals surface area (Å²) in [7, 11) is 0. The van der Waals surface area contributed by atoms with Gasteiger partial charge in [-0.1, -0.05) is 19.1 Å². The molecule has 0 bridgehead atoms. The number of furan rings is 1. The van der Waals surface area contributed by atoms with Gasteiger partial charge in [0.25, 0.3) is 0 Å². The summed E-state index contributed by atoms with van der Waals surface area (Å²) in [5.74, 6) is -1.68. The van der Waals surface area contributed by atoms with Crippen molar-refractivity contribution in [1.29, 1.82) is 0 Å². The van der Waals surface area contributed by atoms with Crippen molar-refractivity contribution < 1.29 is 13.2 Å². The molecule has 1 heterocycles. The number of hydrogen-bond acceptors (Lipinski definition) is 2. The van der Waals surface area contributed by atoms with E-state index in [1.807, 2.05) is 6.92 Å². The summed E-state index contributed by atoms with van der Waals surface area (Å²) < 4.78 is 33.0. The largest absolute Gasteiger partial charge is 0.457 e. The molecule has 1 aromatic carbocycles. The van der Waals surface area contributed by atoms with Crippen molar-refractivity contribution in [3.63, 3.8) is 0 Å². The highest BCUT2D eigenvalue weighted by Gasteiger charge is 2.22. The summed E-state index contributed by atoms with van der Waals surface area (Å²) in [6.07, 6.45) is 2.40. The molecule has 2 rings (SSSR count). The summed E-state index contributed by atoms with van der Waals surface area (Å²) in [6, 6.07) is 5.49. The van der Waals surface area contributed by atoms with E-state index in [-0.39, 0.29) is 5.56 Å². The van der Waals surface area contributed by atoms with Gasteiger partial charge in [0.05, 0.1) is 12.3 Å². The zero-order valence-electron chi connectivity index (χ0n) is 10.4. The topological polar surface area (TPSA) is 25.2 Å². The SMILES string of the molecule is CCCNC(c1ccoc1Br)c1cccc(F)c1F. The van der Waals surface area contributed by atoms with Crippen molar-refractivity contribution in [2.45, 2.75) is 19.4 Å². The predicted molar refractivity (Wildman–Crippen MR) is 72.9 cm³/mol. The summed E-state index contributed by atoms with van der Waals surface area (Å²) in [5, 5.41) is 3.20. The number of nitrogens with one attached hydrogen (secondary N) is 1. The zero-order chi connectivity index (χ0) is 13.8. The summed E-state index contributed by atoms with van der Waals surface area (Å²) in [4.78, 5) is 0. The van der Waals surface area contributed by atoms with Crippen molar-refractivity contribution in [2.75, 3.05) is 6.54 Å². The van der Waals surface area contributed by atoms with E-state index in [0.29, 0.717) is 11.2 Å². The van der Waals surface area contributed by atoms with Crippen LogP contribution in [0, 0.1) is 11.6 Å². The van der Waals surface area contributed by atoms with Crippen LogP contribution in [0.5, 0.6) is 0 Å². The first kappa shape index (κ1) is 14.2. The molecule has 0 saturated heterocycles. The Morgan fingerprint density at radius 2 is 2.05 bits per heavy atom. The molecule has 0 amide bonds. The maximum atomic E-state index is 13.9. The standard InChI is InChI=1S/C14H14BrF2NO/c1-2-7-18-13(10-6-8-19-14(10)15)9-4-3-5-11(16)12(9)17/h3-6,8,13,18H,2,7H2,1H3. The lowest BCUT2D eigenvalue weighted by atomic mass is 10.0. The van der Waals surface area contributed by atoms with Crippen LogP contribution < -0.4 is 5.32 Å². The molecule has 0 aliphatic heterocycles. The van der Waals surface area contributed by atoms with Crippen LogP contribution in [0.15, 0.2) is 39.6 Å². The van der Waals surface area contributed by atoms with Crippen molar-refractivity contribution in [3.05, 3.63) is 58.0 Å². The Morgan fingerprint density at radius 3 is 2.68 bits per heavy atom. The molecule has 0 fully saturated rings. The quantitative estimate of drug-likeness (QED) is 0.878. The summed E-state index contributed by atoms with van der Waals surface area (Å²) in [5.41, 5.74) is 1.02. The smallest absolute Gasteiger partial charge is 0.174 e. The molecule has 2 nitrogen and oxygen atoms in total. The second-order valence-corrected chi connectivity index (χ2v) is 4.90. The molecular weight excluding hydrogens is 316 g/mol. The maximum Gasteiger partial charge on any atom is 0.174 e. The molecule has 5 heteroatoms. The van der Waals surface area contributed by atoms with E-state index in [1.54, 1.807) is 12.1 Å². The fourth-order valence-corrected chi connectivity index (χ4v) is 2.40. The third kappa shape index (κ3) is 3.04. The fourth-order valence-electron chi connectivity index (χ4n) is 1.93. The average Bonchev–Trinajstić information content (AvgIpc) is 2.81. The Bertz CT molecular complexity index is 556. The van der Waals surface area contributed by atoms with Crippen LogP contribution in [-0.4, -0.2) is 6.54 Å².